The predicted octanol–water partition coefficient (Wildman–Crippen LogP) is 3.73. The van der Waals surface area contributed by atoms with Crippen molar-refractivity contribution >= 4 is 21.6 Å². The van der Waals surface area contributed by atoms with Crippen molar-refractivity contribution in [1.29, 1.82) is 0 Å². The van der Waals surface area contributed by atoms with E-state index in [1.54, 1.807) is 24.3 Å². The fourth-order valence-corrected chi connectivity index (χ4v) is 4.55. The minimum absolute atomic E-state index is 0.218. The number of amides is 1. The molecule has 0 aliphatic carbocycles. The molecule has 146 valence electrons. The highest BCUT2D eigenvalue weighted by molar-refractivity contribution is 7.92. The van der Waals surface area contributed by atoms with E-state index < -0.39 is 16.1 Å². The van der Waals surface area contributed by atoms with Gasteiger partial charge in [0, 0.05) is 0 Å². The van der Waals surface area contributed by atoms with Gasteiger partial charge in [-0.2, -0.15) is 0 Å². The van der Waals surface area contributed by atoms with Crippen LogP contribution >= 0.6 is 0 Å². The third-order valence-corrected chi connectivity index (χ3v) is 5.77. The van der Waals surface area contributed by atoms with Crippen molar-refractivity contribution in [2.75, 3.05) is 10.6 Å². The first-order valence-corrected chi connectivity index (χ1v) is 10.9. The number of nitrogens with one attached hydrogen (secondary N) is 1. The molecule has 0 fully saturated rings. The lowest BCUT2D eigenvalue weighted by Crippen LogP contribution is -2.49. The van der Waals surface area contributed by atoms with Gasteiger partial charge in [0.05, 0.1) is 18.0 Å². The zero-order chi connectivity index (χ0) is 20.2. The molecule has 0 saturated carbocycles. The standard InChI is InChI=1S/C21H28N2O3S/c1-6-20(23(27(5,25)26)18-10-8-7-9-11-18)21(24)22-17(4)19-13-12-15(2)14-16(19)3/h7-14,17,20H,6H2,1-5H3,(H,22,24)/t17-,20-/m0/s1. The van der Waals surface area contributed by atoms with Crippen molar-refractivity contribution < 1.29 is 13.2 Å². The van der Waals surface area contributed by atoms with E-state index in [4.69, 9.17) is 0 Å². The van der Waals surface area contributed by atoms with Crippen LogP contribution in [-0.4, -0.2) is 26.6 Å². The van der Waals surface area contributed by atoms with Crippen LogP contribution in [-0.2, 0) is 14.8 Å². The first kappa shape index (κ1) is 21.0. The van der Waals surface area contributed by atoms with E-state index in [1.165, 1.54) is 4.31 Å². The molecule has 0 aliphatic heterocycles. The van der Waals surface area contributed by atoms with Gasteiger partial charge in [-0.05, 0) is 50.5 Å². The second-order valence-electron chi connectivity index (χ2n) is 6.91. The summed E-state index contributed by atoms with van der Waals surface area (Å²) in [6.07, 6.45) is 1.50. The highest BCUT2D eigenvalue weighted by Gasteiger charge is 2.32. The summed E-state index contributed by atoms with van der Waals surface area (Å²) in [6, 6.07) is 13.8. The highest BCUT2D eigenvalue weighted by Crippen LogP contribution is 2.24. The fraction of sp³-hybridized carbons (Fsp3) is 0.381. The van der Waals surface area contributed by atoms with Crippen molar-refractivity contribution in [3.63, 3.8) is 0 Å². The lowest BCUT2D eigenvalue weighted by Gasteiger charge is -2.31. The molecule has 2 aromatic rings. The van der Waals surface area contributed by atoms with Gasteiger partial charge in [0.1, 0.15) is 6.04 Å². The zero-order valence-corrected chi connectivity index (χ0v) is 17.4. The van der Waals surface area contributed by atoms with Crippen molar-refractivity contribution in [1.82, 2.24) is 5.32 Å². The molecule has 0 bridgehead atoms. The molecule has 0 heterocycles. The van der Waals surface area contributed by atoms with Crippen LogP contribution in [0.4, 0.5) is 5.69 Å². The monoisotopic (exact) mass is 388 g/mol. The Morgan fingerprint density at radius 3 is 2.26 bits per heavy atom. The number of carbonyl (C=O) groups excluding carboxylic acids is 1. The van der Waals surface area contributed by atoms with E-state index >= 15 is 0 Å². The zero-order valence-electron chi connectivity index (χ0n) is 16.6. The smallest absolute Gasteiger partial charge is 0.244 e. The summed E-state index contributed by atoms with van der Waals surface area (Å²) in [5, 5.41) is 2.98. The van der Waals surface area contributed by atoms with Crippen LogP contribution in [0.25, 0.3) is 0 Å². The maximum absolute atomic E-state index is 13.0. The highest BCUT2D eigenvalue weighted by atomic mass is 32.2. The molecule has 0 unspecified atom stereocenters. The molecule has 0 saturated heterocycles. The summed E-state index contributed by atoms with van der Waals surface area (Å²) in [5.41, 5.74) is 3.77. The first-order chi connectivity index (χ1) is 12.6. The number of anilines is 1. The van der Waals surface area contributed by atoms with Crippen LogP contribution in [0.3, 0.4) is 0 Å². The second kappa shape index (κ2) is 8.57. The topological polar surface area (TPSA) is 66.5 Å². The molecule has 2 atom stereocenters. The van der Waals surface area contributed by atoms with Gasteiger partial charge < -0.3 is 5.32 Å². The third-order valence-electron chi connectivity index (χ3n) is 4.59. The Morgan fingerprint density at radius 1 is 1.11 bits per heavy atom. The van der Waals surface area contributed by atoms with Crippen molar-refractivity contribution in [2.24, 2.45) is 0 Å². The first-order valence-electron chi connectivity index (χ1n) is 9.07. The Labute approximate surface area is 162 Å². The number of carbonyl (C=O) groups is 1. The molecule has 2 rings (SSSR count). The molecule has 1 amide bonds. The summed E-state index contributed by atoms with van der Waals surface area (Å²) in [7, 11) is -3.62. The maximum atomic E-state index is 13.0. The van der Waals surface area contributed by atoms with Crippen molar-refractivity contribution in [3.05, 3.63) is 65.2 Å². The summed E-state index contributed by atoms with van der Waals surface area (Å²) >= 11 is 0. The number of sulfonamides is 1. The van der Waals surface area contributed by atoms with E-state index in [0.717, 1.165) is 22.9 Å². The quantitative estimate of drug-likeness (QED) is 0.786. The molecule has 6 heteroatoms. The Balaban J connectivity index is 2.30. The van der Waals surface area contributed by atoms with E-state index in [-0.39, 0.29) is 11.9 Å². The van der Waals surface area contributed by atoms with Gasteiger partial charge in [0.25, 0.3) is 0 Å². The number of hydrogen-bond acceptors (Lipinski definition) is 3. The molecule has 2 aromatic carbocycles. The fourth-order valence-electron chi connectivity index (χ4n) is 3.33. The minimum atomic E-state index is -3.62. The van der Waals surface area contributed by atoms with Crippen LogP contribution in [0.1, 0.15) is 43.0 Å². The normalized spacial score (nSPS) is 13.7. The molecule has 27 heavy (non-hydrogen) atoms. The van der Waals surface area contributed by atoms with Crippen LogP contribution in [0, 0.1) is 13.8 Å². The van der Waals surface area contributed by atoms with Gasteiger partial charge in [-0.3, -0.25) is 9.10 Å². The van der Waals surface area contributed by atoms with E-state index in [9.17, 15) is 13.2 Å². The largest absolute Gasteiger partial charge is 0.348 e. The summed E-state index contributed by atoms with van der Waals surface area (Å²) in [4.78, 5) is 13.0. The molecule has 1 N–H and O–H groups in total. The van der Waals surface area contributed by atoms with Crippen molar-refractivity contribution in [2.45, 2.75) is 46.2 Å². The van der Waals surface area contributed by atoms with Crippen LogP contribution in [0.2, 0.25) is 0 Å². The van der Waals surface area contributed by atoms with E-state index in [0.29, 0.717) is 12.1 Å². The minimum Gasteiger partial charge on any atom is -0.348 e. The molecular formula is C21H28N2O3S. The molecule has 0 spiro atoms. The van der Waals surface area contributed by atoms with Gasteiger partial charge in [0.15, 0.2) is 0 Å². The van der Waals surface area contributed by atoms with Gasteiger partial charge in [-0.15, -0.1) is 0 Å². The summed E-state index contributed by atoms with van der Waals surface area (Å²) in [5.74, 6) is -0.306. The number of aryl methyl sites for hydroxylation is 2. The molecule has 0 aromatic heterocycles. The summed E-state index contributed by atoms with van der Waals surface area (Å²) < 4.78 is 26.1. The number of nitrogens with zero attached hydrogens (tertiary/aromatic N) is 1. The van der Waals surface area contributed by atoms with Gasteiger partial charge in [-0.25, -0.2) is 8.42 Å². The molecule has 0 aliphatic rings. The Hall–Kier alpha value is -2.34. The predicted molar refractivity (Wildman–Crippen MR) is 110 cm³/mol. The lowest BCUT2D eigenvalue weighted by atomic mass is 10.00. The maximum Gasteiger partial charge on any atom is 0.244 e. The Bertz CT molecular complexity index is 895. The van der Waals surface area contributed by atoms with Gasteiger partial charge in [0.2, 0.25) is 15.9 Å². The number of rotatable bonds is 7. The third kappa shape index (κ3) is 5.10. The number of hydrogen-bond donors (Lipinski definition) is 1. The summed E-state index contributed by atoms with van der Waals surface area (Å²) in [6.45, 7) is 7.76. The van der Waals surface area contributed by atoms with Crippen LogP contribution in [0.5, 0.6) is 0 Å². The average molecular weight is 389 g/mol. The number of para-hydroxylation sites is 1. The van der Waals surface area contributed by atoms with Gasteiger partial charge >= 0.3 is 0 Å². The average Bonchev–Trinajstić information content (AvgIpc) is 2.58. The van der Waals surface area contributed by atoms with E-state index in [1.807, 2.05) is 45.9 Å². The Kier molecular flexibility index (Phi) is 6.65. The molecule has 0 radical (unpaired) electrons. The van der Waals surface area contributed by atoms with Gasteiger partial charge in [-0.1, -0.05) is 48.9 Å². The van der Waals surface area contributed by atoms with Crippen LogP contribution < -0.4 is 9.62 Å². The van der Waals surface area contributed by atoms with E-state index in [2.05, 4.69) is 11.4 Å². The Morgan fingerprint density at radius 2 is 1.74 bits per heavy atom. The molecular weight excluding hydrogens is 360 g/mol. The van der Waals surface area contributed by atoms with Crippen molar-refractivity contribution in [3.8, 4) is 0 Å². The lowest BCUT2D eigenvalue weighted by molar-refractivity contribution is -0.122. The second-order valence-corrected chi connectivity index (χ2v) is 8.77. The number of benzene rings is 2. The van der Waals surface area contributed by atoms with Crippen LogP contribution in [0.15, 0.2) is 48.5 Å². The SMILES string of the molecule is CC[C@@H](C(=O)N[C@@H](C)c1ccc(C)cc1C)N(c1ccccc1)S(C)(=O)=O. The molecule has 5 nitrogen and oxygen atoms in total.